The molecule has 0 fully saturated rings. The largest absolute Gasteiger partial charge is 4.00 e. The molecule has 0 spiro atoms. The molecule has 0 bridgehead atoms. The number of hydrogen-bond donors (Lipinski definition) is 0. The Kier molecular flexibility index (Phi) is 306. The standard InChI is InChI=1S/2CH3NO.2ClH.Hf/c2*2-1-3;;;/h2*1H,(H2,2,3);2*1H;/q;;;;+4/p-4. The van der Waals surface area contributed by atoms with Crippen molar-refractivity contribution in [1.29, 1.82) is 0 Å². The van der Waals surface area contributed by atoms with Crippen molar-refractivity contribution in [3.8, 4) is 0 Å². The molecule has 0 radical (unpaired) electrons. The molecule has 0 aliphatic heterocycles. The summed E-state index contributed by atoms with van der Waals surface area (Å²) < 4.78 is 0. The van der Waals surface area contributed by atoms with Crippen molar-refractivity contribution in [2.24, 2.45) is 0 Å². The quantitative estimate of drug-likeness (QED) is 0.326. The number of rotatable bonds is 0. The van der Waals surface area contributed by atoms with Crippen LogP contribution in [0.5, 0.6) is 0 Å². The van der Waals surface area contributed by atoms with E-state index in [9.17, 15) is 0 Å². The minimum Gasteiger partial charge on any atom is -1.00 e. The Morgan fingerprint density at radius 1 is 0.889 bits per heavy atom. The van der Waals surface area contributed by atoms with Gasteiger partial charge in [-0.15, -0.1) is 0 Å². The van der Waals surface area contributed by atoms with Gasteiger partial charge in [-0.3, -0.25) is 0 Å². The van der Waals surface area contributed by atoms with Crippen LogP contribution in [-0.4, -0.2) is 12.8 Å². The van der Waals surface area contributed by atoms with Gasteiger partial charge in [0.15, 0.2) is 0 Å². The van der Waals surface area contributed by atoms with E-state index in [4.69, 9.17) is 21.1 Å². The van der Waals surface area contributed by atoms with Gasteiger partial charge in [0.25, 0.3) is 0 Å². The summed E-state index contributed by atoms with van der Waals surface area (Å²) in [7, 11) is 0. The third-order valence-electron chi connectivity index (χ3n) is 0. The second kappa shape index (κ2) is 80.2. The third-order valence-corrected chi connectivity index (χ3v) is 0. The fraction of sp³-hybridized carbons (Fsp3) is 0. The maximum absolute atomic E-state index is 8.47. The zero-order chi connectivity index (χ0) is 5.41. The Bertz CT molecular complexity index is 41.5. The molecule has 0 heterocycles. The van der Waals surface area contributed by atoms with Gasteiger partial charge in [-0.25, -0.2) is 0 Å². The van der Waals surface area contributed by atoms with Crippen LogP contribution >= 0.6 is 0 Å². The number of carbonyl (C=O) groups is 2. The monoisotopic (exact) mass is 338 g/mol. The van der Waals surface area contributed by atoms with Crippen molar-refractivity contribution in [1.82, 2.24) is 0 Å². The van der Waals surface area contributed by atoms with E-state index in [0.29, 0.717) is 0 Å². The van der Waals surface area contributed by atoms with Crippen LogP contribution in [0.2, 0.25) is 0 Å². The molecule has 0 aromatic heterocycles. The van der Waals surface area contributed by atoms with E-state index in [2.05, 4.69) is 0 Å². The smallest absolute Gasteiger partial charge is 1.00 e. The molecular weight excluding hydrogens is 333 g/mol. The molecule has 0 aliphatic carbocycles. The van der Waals surface area contributed by atoms with Gasteiger partial charge in [0.05, 0.1) is 0 Å². The van der Waals surface area contributed by atoms with Crippen molar-refractivity contribution in [3.05, 3.63) is 11.5 Å². The number of carbonyl (C=O) groups excluding carboxylic acids is 2. The molecule has 0 saturated carbocycles. The van der Waals surface area contributed by atoms with E-state index < -0.39 is 0 Å². The van der Waals surface area contributed by atoms with Gasteiger partial charge in [-0.05, 0) is 0 Å². The van der Waals surface area contributed by atoms with Gasteiger partial charge in [-0.1, -0.05) is 0 Å². The normalized spacial score (nSPS) is 2.67. The fourth-order valence-electron chi connectivity index (χ4n) is 0. The number of hydrogen-bond acceptors (Lipinski definition) is 2. The van der Waals surface area contributed by atoms with Crippen molar-refractivity contribution in [3.63, 3.8) is 0 Å². The molecule has 0 aromatic carbocycles. The average molecular weight is 337 g/mol. The molecular formula is C2H4Cl2HfN2O2. The number of amides is 2. The average Bonchev–Trinajstić information content (AvgIpc) is 1.39. The molecule has 2 amide bonds. The molecule has 2 N–H and O–H groups in total. The van der Waals surface area contributed by atoms with Crippen LogP contribution in [0.3, 0.4) is 0 Å². The van der Waals surface area contributed by atoms with Crippen LogP contribution in [0.15, 0.2) is 0 Å². The first-order valence-electron chi connectivity index (χ1n) is 1.05. The summed E-state index contributed by atoms with van der Waals surface area (Å²) in [6.07, 6.45) is 0. The Balaban J connectivity index is -0.00000000889. The first kappa shape index (κ1) is 34.3. The van der Waals surface area contributed by atoms with Gasteiger partial charge in [0.1, 0.15) is 0 Å². The summed E-state index contributed by atoms with van der Waals surface area (Å²) in [4.78, 5) is 16.9. The number of halogens is 2. The summed E-state index contributed by atoms with van der Waals surface area (Å²) in [5.74, 6) is 0. The summed E-state index contributed by atoms with van der Waals surface area (Å²) >= 11 is 0. The van der Waals surface area contributed by atoms with Crippen LogP contribution in [0.25, 0.3) is 11.5 Å². The Labute approximate surface area is 84.3 Å². The zero-order valence-corrected chi connectivity index (χ0v) is 9.33. The molecule has 9 heavy (non-hydrogen) atoms. The van der Waals surface area contributed by atoms with Gasteiger partial charge in [-0.2, -0.15) is 0 Å². The van der Waals surface area contributed by atoms with Crippen molar-refractivity contribution in [2.75, 3.05) is 0 Å². The minimum absolute atomic E-state index is 0. The molecule has 4 nitrogen and oxygen atoms in total. The Hall–Kier alpha value is 0.390. The van der Waals surface area contributed by atoms with Crippen LogP contribution in [-0.2, 0) is 35.4 Å². The summed E-state index contributed by atoms with van der Waals surface area (Å²) in [5.41, 5.74) is 11.1. The van der Waals surface area contributed by atoms with Gasteiger partial charge in [0, 0.05) is 12.8 Å². The molecule has 0 unspecified atom stereocenters. The molecule has 0 aliphatic rings. The molecule has 0 atom stereocenters. The van der Waals surface area contributed by atoms with Crippen LogP contribution in [0, 0.1) is 0 Å². The predicted octanol–water partition coefficient (Wildman–Crippen LogP) is -5.60. The maximum Gasteiger partial charge on any atom is 4.00 e. The van der Waals surface area contributed by atoms with E-state index in [1.165, 1.54) is 0 Å². The van der Waals surface area contributed by atoms with Crippen LogP contribution in [0.1, 0.15) is 0 Å². The summed E-state index contributed by atoms with van der Waals surface area (Å²) in [5, 5.41) is 0. The summed E-state index contributed by atoms with van der Waals surface area (Å²) in [6, 6.07) is 0. The van der Waals surface area contributed by atoms with Crippen LogP contribution < -0.4 is 24.8 Å². The summed E-state index contributed by atoms with van der Waals surface area (Å²) in [6.45, 7) is 0. The first-order valence-corrected chi connectivity index (χ1v) is 1.05. The Morgan fingerprint density at radius 2 is 0.889 bits per heavy atom. The maximum atomic E-state index is 8.47. The molecule has 0 saturated heterocycles. The van der Waals surface area contributed by atoms with Gasteiger partial charge in [0.2, 0.25) is 0 Å². The van der Waals surface area contributed by atoms with Crippen molar-refractivity contribution >= 4 is 12.8 Å². The van der Waals surface area contributed by atoms with E-state index >= 15 is 0 Å². The second-order valence-corrected chi connectivity index (χ2v) is 0.236. The molecule has 7 heteroatoms. The second-order valence-electron chi connectivity index (χ2n) is 0.236. The Morgan fingerprint density at radius 3 is 0.889 bits per heavy atom. The van der Waals surface area contributed by atoms with E-state index in [-0.39, 0.29) is 63.5 Å². The van der Waals surface area contributed by atoms with Gasteiger partial charge >= 0.3 is 25.8 Å². The van der Waals surface area contributed by atoms with E-state index in [0.717, 1.165) is 0 Å². The van der Waals surface area contributed by atoms with E-state index in [1.807, 2.05) is 0 Å². The third kappa shape index (κ3) is 2250. The molecule has 52 valence electrons. The van der Waals surface area contributed by atoms with E-state index in [1.54, 1.807) is 0 Å². The van der Waals surface area contributed by atoms with Crippen molar-refractivity contribution < 1.29 is 60.2 Å². The topological polar surface area (TPSA) is 81.7 Å². The van der Waals surface area contributed by atoms with Crippen LogP contribution in [0.4, 0.5) is 0 Å². The predicted molar refractivity (Wildman–Crippen MR) is 20.8 cm³/mol. The zero-order valence-electron chi connectivity index (χ0n) is 4.23. The molecule has 0 aromatic rings. The minimum atomic E-state index is 0. The number of nitrogens with one attached hydrogen (secondary N) is 2. The SMILES string of the molecule is [Cl-].[Cl-].[Hf+4].[NH-]C=O.[NH-]C=O. The fourth-order valence-corrected chi connectivity index (χ4v) is 0. The molecule has 0 rings (SSSR count). The van der Waals surface area contributed by atoms with Gasteiger partial charge < -0.3 is 45.9 Å². The first-order chi connectivity index (χ1) is 2.83. The van der Waals surface area contributed by atoms with Crippen molar-refractivity contribution in [2.45, 2.75) is 0 Å².